The van der Waals surface area contributed by atoms with Crippen LogP contribution in [0, 0.1) is 5.92 Å². The lowest BCUT2D eigenvalue weighted by atomic mass is 9.88. The van der Waals surface area contributed by atoms with E-state index < -0.39 is 5.97 Å². The van der Waals surface area contributed by atoms with Gasteiger partial charge in [0.15, 0.2) is 0 Å². The summed E-state index contributed by atoms with van der Waals surface area (Å²) in [6, 6.07) is 7.01. The number of thiophene rings is 1. The SMILES string of the molecule is CC1CCc2c(C(=O)Nc3cccc(CC(=O)O)c3)csc2C1. The second-order valence-electron chi connectivity index (χ2n) is 6.12. The molecule has 1 unspecified atom stereocenters. The molecule has 3 rings (SSSR count). The molecular formula is C18H19NO3S. The van der Waals surface area contributed by atoms with E-state index in [0.29, 0.717) is 17.2 Å². The van der Waals surface area contributed by atoms with Crippen molar-refractivity contribution in [1.29, 1.82) is 0 Å². The summed E-state index contributed by atoms with van der Waals surface area (Å²) in [5.41, 5.74) is 3.27. The van der Waals surface area contributed by atoms with Crippen LogP contribution < -0.4 is 5.32 Å². The van der Waals surface area contributed by atoms with Crippen LogP contribution in [0.4, 0.5) is 5.69 Å². The molecule has 0 saturated heterocycles. The van der Waals surface area contributed by atoms with Crippen molar-refractivity contribution in [2.24, 2.45) is 5.92 Å². The van der Waals surface area contributed by atoms with E-state index in [1.807, 2.05) is 5.38 Å². The van der Waals surface area contributed by atoms with Crippen molar-refractivity contribution in [3.63, 3.8) is 0 Å². The number of hydrogen-bond acceptors (Lipinski definition) is 3. The number of nitrogens with one attached hydrogen (secondary N) is 1. The molecule has 1 amide bonds. The maximum atomic E-state index is 12.5. The molecule has 23 heavy (non-hydrogen) atoms. The lowest BCUT2D eigenvalue weighted by Gasteiger charge is -2.18. The van der Waals surface area contributed by atoms with Gasteiger partial charge in [-0.15, -0.1) is 11.3 Å². The molecule has 1 atom stereocenters. The van der Waals surface area contributed by atoms with Crippen LogP contribution in [0.5, 0.6) is 0 Å². The molecule has 0 fully saturated rings. The van der Waals surface area contributed by atoms with Gasteiger partial charge in [0, 0.05) is 15.9 Å². The van der Waals surface area contributed by atoms with Gasteiger partial charge in [-0.2, -0.15) is 0 Å². The third-order valence-electron chi connectivity index (χ3n) is 4.19. The summed E-state index contributed by atoms with van der Waals surface area (Å²) < 4.78 is 0. The van der Waals surface area contributed by atoms with Crippen molar-refractivity contribution >= 4 is 28.9 Å². The van der Waals surface area contributed by atoms with Crippen molar-refractivity contribution < 1.29 is 14.7 Å². The Kier molecular flexibility index (Phi) is 4.48. The van der Waals surface area contributed by atoms with E-state index in [4.69, 9.17) is 5.11 Å². The first-order valence-electron chi connectivity index (χ1n) is 7.74. The van der Waals surface area contributed by atoms with Crippen LogP contribution in [-0.4, -0.2) is 17.0 Å². The van der Waals surface area contributed by atoms with Crippen molar-refractivity contribution in [3.8, 4) is 0 Å². The van der Waals surface area contributed by atoms with Crippen molar-refractivity contribution in [2.45, 2.75) is 32.6 Å². The topological polar surface area (TPSA) is 66.4 Å². The van der Waals surface area contributed by atoms with E-state index in [1.54, 1.807) is 35.6 Å². The average Bonchev–Trinajstić information content (AvgIpc) is 2.89. The highest BCUT2D eigenvalue weighted by Gasteiger charge is 2.23. The van der Waals surface area contributed by atoms with Gasteiger partial charge in [-0.3, -0.25) is 9.59 Å². The minimum Gasteiger partial charge on any atom is -0.481 e. The van der Waals surface area contributed by atoms with E-state index in [2.05, 4.69) is 12.2 Å². The van der Waals surface area contributed by atoms with Gasteiger partial charge in [0.05, 0.1) is 12.0 Å². The number of carboxylic acid groups (broad SMARTS) is 1. The number of fused-ring (bicyclic) bond motifs is 1. The molecule has 2 aromatic rings. The first kappa shape index (κ1) is 15.7. The van der Waals surface area contributed by atoms with Crippen LogP contribution in [0.15, 0.2) is 29.6 Å². The second-order valence-corrected chi connectivity index (χ2v) is 7.09. The molecule has 1 heterocycles. The Morgan fingerprint density at radius 3 is 3.00 bits per heavy atom. The normalized spacial score (nSPS) is 16.7. The maximum absolute atomic E-state index is 12.5. The Morgan fingerprint density at radius 2 is 2.22 bits per heavy atom. The number of carboxylic acids is 1. The molecule has 0 aliphatic heterocycles. The second kappa shape index (κ2) is 6.54. The van der Waals surface area contributed by atoms with Crippen molar-refractivity contribution in [3.05, 3.63) is 51.2 Å². The van der Waals surface area contributed by atoms with E-state index in [-0.39, 0.29) is 12.3 Å². The first-order valence-corrected chi connectivity index (χ1v) is 8.62. The summed E-state index contributed by atoms with van der Waals surface area (Å²) in [4.78, 5) is 24.7. The molecule has 0 spiro atoms. The van der Waals surface area contributed by atoms with Gasteiger partial charge in [-0.25, -0.2) is 0 Å². The van der Waals surface area contributed by atoms with Gasteiger partial charge < -0.3 is 10.4 Å². The van der Waals surface area contributed by atoms with Gasteiger partial charge in [-0.1, -0.05) is 19.1 Å². The number of carbonyl (C=O) groups excluding carboxylic acids is 1. The van der Waals surface area contributed by atoms with Gasteiger partial charge in [-0.05, 0) is 48.4 Å². The molecule has 5 heteroatoms. The fourth-order valence-electron chi connectivity index (χ4n) is 3.00. The zero-order chi connectivity index (χ0) is 16.4. The van der Waals surface area contributed by atoms with E-state index in [9.17, 15) is 9.59 Å². The van der Waals surface area contributed by atoms with Crippen LogP contribution in [0.25, 0.3) is 0 Å². The van der Waals surface area contributed by atoms with Gasteiger partial charge >= 0.3 is 5.97 Å². The third-order valence-corrected chi connectivity index (χ3v) is 5.24. The summed E-state index contributed by atoms with van der Waals surface area (Å²) in [7, 11) is 0. The highest BCUT2D eigenvalue weighted by Crippen LogP contribution is 2.33. The maximum Gasteiger partial charge on any atom is 0.307 e. The molecule has 1 aromatic carbocycles. The quantitative estimate of drug-likeness (QED) is 0.897. The molecular weight excluding hydrogens is 310 g/mol. The van der Waals surface area contributed by atoms with Crippen LogP contribution >= 0.6 is 11.3 Å². The van der Waals surface area contributed by atoms with Crippen LogP contribution in [0.1, 0.15) is 39.7 Å². The highest BCUT2D eigenvalue weighted by atomic mass is 32.1. The van der Waals surface area contributed by atoms with Crippen molar-refractivity contribution in [2.75, 3.05) is 5.32 Å². The zero-order valence-electron chi connectivity index (χ0n) is 13.0. The van der Waals surface area contributed by atoms with Crippen LogP contribution in [-0.2, 0) is 24.1 Å². The number of rotatable bonds is 4. The van der Waals surface area contributed by atoms with E-state index in [1.165, 1.54) is 10.4 Å². The predicted molar refractivity (Wildman–Crippen MR) is 91.2 cm³/mol. The fourth-order valence-corrected chi connectivity index (χ4v) is 4.24. The number of carbonyl (C=O) groups is 2. The summed E-state index contributed by atoms with van der Waals surface area (Å²) >= 11 is 1.67. The molecule has 1 aliphatic rings. The monoisotopic (exact) mass is 329 g/mol. The average molecular weight is 329 g/mol. The Morgan fingerprint density at radius 1 is 1.39 bits per heavy atom. The Balaban J connectivity index is 1.76. The minimum absolute atomic E-state index is 0.0462. The Labute approximate surface area is 139 Å². The molecule has 0 radical (unpaired) electrons. The number of anilines is 1. The number of amides is 1. The highest BCUT2D eigenvalue weighted by molar-refractivity contribution is 7.10. The van der Waals surface area contributed by atoms with Crippen molar-refractivity contribution in [1.82, 2.24) is 0 Å². The number of aliphatic carboxylic acids is 1. The summed E-state index contributed by atoms with van der Waals surface area (Å²) in [6.07, 6.45) is 3.09. The number of hydrogen-bond donors (Lipinski definition) is 2. The molecule has 4 nitrogen and oxygen atoms in total. The third kappa shape index (κ3) is 3.62. The van der Waals surface area contributed by atoms with Crippen LogP contribution in [0.2, 0.25) is 0 Å². The van der Waals surface area contributed by atoms with Gasteiger partial charge in [0.2, 0.25) is 0 Å². The summed E-state index contributed by atoms with van der Waals surface area (Å²) in [5.74, 6) is -0.302. The summed E-state index contributed by atoms with van der Waals surface area (Å²) in [6.45, 7) is 2.25. The fraction of sp³-hybridized carbons (Fsp3) is 0.333. The minimum atomic E-state index is -0.880. The summed E-state index contributed by atoms with van der Waals surface area (Å²) in [5, 5.41) is 13.7. The lowest BCUT2D eigenvalue weighted by Crippen LogP contribution is -2.16. The molecule has 1 aliphatic carbocycles. The molecule has 1 aromatic heterocycles. The molecule has 0 saturated carbocycles. The van der Waals surface area contributed by atoms with Crippen LogP contribution in [0.3, 0.4) is 0 Å². The Hall–Kier alpha value is -2.14. The van der Waals surface area contributed by atoms with E-state index >= 15 is 0 Å². The number of benzene rings is 1. The first-order chi connectivity index (χ1) is 11.0. The molecule has 2 N–H and O–H groups in total. The standard InChI is InChI=1S/C18H19NO3S/c1-11-5-6-14-15(10-23-16(14)7-11)18(22)19-13-4-2-3-12(8-13)9-17(20)21/h2-4,8,10-11H,5-7,9H2,1H3,(H,19,22)(H,20,21). The van der Waals surface area contributed by atoms with Gasteiger partial charge in [0.25, 0.3) is 5.91 Å². The largest absolute Gasteiger partial charge is 0.481 e. The molecule has 0 bridgehead atoms. The smallest absolute Gasteiger partial charge is 0.307 e. The molecule has 120 valence electrons. The lowest BCUT2D eigenvalue weighted by molar-refractivity contribution is -0.136. The zero-order valence-corrected chi connectivity index (χ0v) is 13.8. The predicted octanol–water partition coefficient (Wildman–Crippen LogP) is 3.75. The van der Waals surface area contributed by atoms with E-state index in [0.717, 1.165) is 24.8 Å². The Bertz CT molecular complexity index is 750. The van der Waals surface area contributed by atoms with Gasteiger partial charge in [0.1, 0.15) is 0 Å².